The number of amides is 1. The zero-order valence-corrected chi connectivity index (χ0v) is 23.4. The van der Waals surface area contributed by atoms with Crippen LogP contribution in [0.5, 0.6) is 5.75 Å². The Hall–Kier alpha value is -3.06. The number of nitrogens with zero attached hydrogens (tertiary/aromatic N) is 1. The Labute approximate surface area is 237 Å². The lowest BCUT2D eigenvalue weighted by atomic mass is 9.83. The molecular formula is C32H39ClN2O4. The Morgan fingerprint density at radius 3 is 2.21 bits per heavy atom. The summed E-state index contributed by atoms with van der Waals surface area (Å²) < 4.78 is 11.9. The average Bonchev–Trinajstić information content (AvgIpc) is 2.97. The topological polar surface area (TPSA) is 71.0 Å². The van der Waals surface area contributed by atoms with Crippen LogP contribution in [-0.2, 0) is 24.4 Å². The molecule has 6 nitrogen and oxygen atoms in total. The minimum absolute atomic E-state index is 0. The molecule has 208 valence electrons. The molecule has 0 bridgehead atoms. The van der Waals surface area contributed by atoms with E-state index in [1.54, 1.807) is 7.05 Å². The van der Waals surface area contributed by atoms with Crippen molar-refractivity contribution in [1.82, 2.24) is 5.32 Å². The highest BCUT2D eigenvalue weighted by Gasteiger charge is 2.34. The minimum atomic E-state index is -0.642. The van der Waals surface area contributed by atoms with Crippen molar-refractivity contribution >= 4 is 24.2 Å². The van der Waals surface area contributed by atoms with Gasteiger partial charge in [0.15, 0.2) is 0 Å². The number of anilines is 1. The number of ether oxygens (including phenoxy) is 2. The number of fused-ring (bicyclic) bond motifs is 1. The fraction of sp³-hybridized carbons (Fsp3) is 0.406. The van der Waals surface area contributed by atoms with E-state index in [1.165, 1.54) is 37.0 Å². The number of aliphatic hydroxyl groups is 1. The van der Waals surface area contributed by atoms with Gasteiger partial charge in [-0.25, -0.2) is 4.79 Å². The van der Waals surface area contributed by atoms with Crippen molar-refractivity contribution in [3.63, 3.8) is 0 Å². The standard InChI is InChI=1S/C32H38N2O4.ClH/c1-34(32(36)38-22-24-13-7-3-8-14-24)30-26-17-19-28(33-25-15-9-4-10-16-25)31(35)27(26)18-20-29(30)37-21-23-11-5-2-6-12-23;/h2-3,5-8,11-14,18,20,25,28,31,33,35H,4,9-10,15-17,19,21-22H2,1H3;1H/t28-,31-;/m1./s1. The second-order valence-corrected chi connectivity index (χ2v) is 10.4. The van der Waals surface area contributed by atoms with Gasteiger partial charge in [0, 0.05) is 19.1 Å². The second-order valence-electron chi connectivity index (χ2n) is 10.4. The summed E-state index contributed by atoms with van der Waals surface area (Å²) in [6.45, 7) is 0.573. The molecule has 0 heterocycles. The van der Waals surface area contributed by atoms with Gasteiger partial charge in [0.1, 0.15) is 19.0 Å². The van der Waals surface area contributed by atoms with Crippen LogP contribution in [0, 0.1) is 0 Å². The Morgan fingerprint density at radius 1 is 0.897 bits per heavy atom. The number of carbonyl (C=O) groups excluding carboxylic acids is 1. The molecule has 0 radical (unpaired) electrons. The maximum absolute atomic E-state index is 13.2. The van der Waals surface area contributed by atoms with Crippen LogP contribution in [0.1, 0.15) is 66.9 Å². The van der Waals surface area contributed by atoms with Crippen molar-refractivity contribution in [2.45, 2.75) is 76.3 Å². The highest BCUT2D eigenvalue weighted by atomic mass is 35.5. The van der Waals surface area contributed by atoms with Crippen LogP contribution in [-0.4, -0.2) is 30.3 Å². The third-order valence-electron chi connectivity index (χ3n) is 7.79. The number of carbonyl (C=O) groups is 1. The van der Waals surface area contributed by atoms with E-state index in [9.17, 15) is 9.90 Å². The maximum atomic E-state index is 13.2. The van der Waals surface area contributed by atoms with Gasteiger partial charge < -0.3 is 19.9 Å². The fourth-order valence-electron chi connectivity index (χ4n) is 5.72. The van der Waals surface area contributed by atoms with Gasteiger partial charge in [-0.3, -0.25) is 4.90 Å². The molecule has 1 fully saturated rings. The third-order valence-corrected chi connectivity index (χ3v) is 7.79. The van der Waals surface area contributed by atoms with Gasteiger partial charge in [0.25, 0.3) is 0 Å². The van der Waals surface area contributed by atoms with Gasteiger partial charge in [-0.05, 0) is 54.0 Å². The van der Waals surface area contributed by atoms with Crippen molar-refractivity contribution < 1.29 is 19.4 Å². The fourth-order valence-corrected chi connectivity index (χ4v) is 5.72. The Kier molecular flexibility index (Phi) is 10.3. The van der Waals surface area contributed by atoms with Crippen LogP contribution in [0.3, 0.4) is 0 Å². The zero-order valence-electron chi connectivity index (χ0n) is 22.6. The number of halogens is 1. The summed E-state index contributed by atoms with van der Waals surface area (Å²) >= 11 is 0. The van der Waals surface area contributed by atoms with Crippen LogP contribution in [0.15, 0.2) is 72.8 Å². The first kappa shape index (κ1) is 28.9. The van der Waals surface area contributed by atoms with Gasteiger partial charge in [-0.2, -0.15) is 0 Å². The third kappa shape index (κ3) is 7.13. The number of rotatable bonds is 8. The number of aliphatic hydroxyl groups excluding tert-OH is 1. The predicted octanol–water partition coefficient (Wildman–Crippen LogP) is 6.73. The van der Waals surface area contributed by atoms with Crippen molar-refractivity contribution in [2.75, 3.05) is 11.9 Å². The molecule has 2 aliphatic carbocycles. The average molecular weight is 551 g/mol. The molecule has 1 amide bonds. The normalized spacial score (nSPS) is 18.9. The molecule has 2 aliphatic rings. The Bertz CT molecular complexity index is 1200. The highest BCUT2D eigenvalue weighted by molar-refractivity contribution is 5.91. The highest BCUT2D eigenvalue weighted by Crippen LogP contribution is 2.42. The molecule has 0 aliphatic heterocycles. The SMILES string of the molecule is CN(C(=O)OCc1ccccc1)c1c(OCc2ccccc2)ccc2c1CC[C@@H](NC1CCCCC1)[C@@H]2O.Cl. The van der Waals surface area contributed by atoms with E-state index in [0.29, 0.717) is 24.1 Å². The lowest BCUT2D eigenvalue weighted by Gasteiger charge is -2.37. The molecule has 7 heteroatoms. The first-order valence-corrected chi connectivity index (χ1v) is 13.8. The number of hydrogen-bond acceptors (Lipinski definition) is 5. The second kappa shape index (κ2) is 13.8. The van der Waals surface area contributed by atoms with E-state index in [0.717, 1.165) is 35.1 Å². The van der Waals surface area contributed by atoms with Crippen LogP contribution in [0.4, 0.5) is 10.5 Å². The van der Waals surface area contributed by atoms with Crippen LogP contribution in [0.25, 0.3) is 0 Å². The molecule has 2 atom stereocenters. The summed E-state index contributed by atoms with van der Waals surface area (Å²) in [6, 6.07) is 23.9. The van der Waals surface area contributed by atoms with Crippen molar-refractivity contribution in [3.05, 3.63) is 95.1 Å². The smallest absolute Gasteiger partial charge is 0.414 e. The minimum Gasteiger partial charge on any atom is -0.487 e. The van der Waals surface area contributed by atoms with Gasteiger partial charge in [0.2, 0.25) is 0 Å². The maximum Gasteiger partial charge on any atom is 0.414 e. The van der Waals surface area contributed by atoms with E-state index in [4.69, 9.17) is 9.47 Å². The molecular weight excluding hydrogens is 512 g/mol. The molecule has 2 N–H and O–H groups in total. The summed E-state index contributed by atoms with van der Waals surface area (Å²) in [5.41, 5.74) is 4.45. The summed E-state index contributed by atoms with van der Waals surface area (Å²) in [6.07, 6.45) is 6.58. The van der Waals surface area contributed by atoms with E-state index < -0.39 is 12.2 Å². The Morgan fingerprint density at radius 2 is 1.54 bits per heavy atom. The quantitative estimate of drug-likeness (QED) is 0.325. The molecule has 39 heavy (non-hydrogen) atoms. The monoisotopic (exact) mass is 550 g/mol. The van der Waals surface area contributed by atoms with E-state index in [-0.39, 0.29) is 25.1 Å². The summed E-state index contributed by atoms with van der Waals surface area (Å²) in [5, 5.41) is 15.1. The molecule has 0 saturated heterocycles. The molecule has 1 saturated carbocycles. The number of benzene rings is 3. The van der Waals surface area contributed by atoms with Crippen molar-refractivity contribution in [3.8, 4) is 5.75 Å². The predicted molar refractivity (Wildman–Crippen MR) is 157 cm³/mol. The van der Waals surface area contributed by atoms with Gasteiger partial charge in [-0.1, -0.05) is 86.0 Å². The van der Waals surface area contributed by atoms with Crippen LogP contribution >= 0.6 is 12.4 Å². The van der Waals surface area contributed by atoms with Crippen molar-refractivity contribution in [1.29, 1.82) is 0 Å². The first-order chi connectivity index (χ1) is 18.6. The summed E-state index contributed by atoms with van der Waals surface area (Å²) in [4.78, 5) is 14.7. The summed E-state index contributed by atoms with van der Waals surface area (Å²) in [5.74, 6) is 0.609. The first-order valence-electron chi connectivity index (χ1n) is 13.8. The summed E-state index contributed by atoms with van der Waals surface area (Å²) in [7, 11) is 1.72. The molecule has 0 aromatic heterocycles. The van der Waals surface area contributed by atoms with E-state index in [2.05, 4.69) is 5.32 Å². The van der Waals surface area contributed by atoms with Gasteiger partial charge in [0.05, 0.1) is 11.8 Å². The molecule has 5 rings (SSSR count). The number of nitrogens with one attached hydrogen (secondary N) is 1. The Balaban J connectivity index is 0.00000353. The van der Waals surface area contributed by atoms with Gasteiger partial charge in [-0.15, -0.1) is 12.4 Å². The molecule has 3 aromatic rings. The van der Waals surface area contributed by atoms with Crippen molar-refractivity contribution in [2.24, 2.45) is 0 Å². The molecule has 0 spiro atoms. The van der Waals surface area contributed by atoms with Crippen LogP contribution < -0.4 is 15.0 Å². The lowest BCUT2D eigenvalue weighted by Crippen LogP contribution is -2.45. The van der Waals surface area contributed by atoms with E-state index in [1.807, 2.05) is 72.8 Å². The lowest BCUT2D eigenvalue weighted by molar-refractivity contribution is 0.104. The van der Waals surface area contributed by atoms with Gasteiger partial charge >= 0.3 is 6.09 Å². The van der Waals surface area contributed by atoms with E-state index >= 15 is 0 Å². The zero-order chi connectivity index (χ0) is 26.3. The molecule has 3 aromatic carbocycles. The largest absolute Gasteiger partial charge is 0.487 e. The van der Waals surface area contributed by atoms with Crippen LogP contribution in [0.2, 0.25) is 0 Å². The molecule has 0 unspecified atom stereocenters. The number of hydrogen-bond donors (Lipinski definition) is 2.